The minimum Gasteiger partial charge on any atom is -0.313 e. The number of fused-ring (bicyclic) bond motifs is 1. The molecular weight excluding hydrogens is 218 g/mol. The van der Waals surface area contributed by atoms with Crippen LogP contribution in [0.5, 0.6) is 0 Å². The molecule has 0 bridgehead atoms. The number of rotatable bonds is 5. The van der Waals surface area contributed by atoms with Gasteiger partial charge in [0.2, 0.25) is 0 Å². The van der Waals surface area contributed by atoms with Gasteiger partial charge in [-0.15, -0.1) is 0 Å². The van der Waals surface area contributed by atoms with Gasteiger partial charge in [-0.05, 0) is 74.7 Å². The van der Waals surface area contributed by atoms with Crippen LogP contribution in [0.15, 0.2) is 0 Å². The second-order valence-electron chi connectivity index (χ2n) is 7.50. The Labute approximate surface area is 113 Å². The highest BCUT2D eigenvalue weighted by Crippen LogP contribution is 2.56. The van der Waals surface area contributed by atoms with Gasteiger partial charge >= 0.3 is 0 Å². The zero-order valence-corrected chi connectivity index (χ0v) is 12.3. The van der Waals surface area contributed by atoms with Crippen molar-refractivity contribution in [1.29, 1.82) is 0 Å². The summed E-state index contributed by atoms with van der Waals surface area (Å²) in [4.78, 5) is 0. The summed E-state index contributed by atoms with van der Waals surface area (Å²) in [5.74, 6) is 5.27. The first-order valence-corrected chi connectivity index (χ1v) is 8.51. The van der Waals surface area contributed by atoms with Crippen LogP contribution < -0.4 is 5.32 Å². The summed E-state index contributed by atoms with van der Waals surface area (Å²) in [6.07, 6.45) is 11.9. The Morgan fingerprint density at radius 1 is 1.00 bits per heavy atom. The topological polar surface area (TPSA) is 12.0 Å². The van der Waals surface area contributed by atoms with Crippen molar-refractivity contribution in [2.45, 2.75) is 71.3 Å². The smallest absolute Gasteiger partial charge is 0.0124 e. The molecule has 0 aromatic heterocycles. The molecule has 104 valence electrons. The first kappa shape index (κ1) is 13.0. The largest absolute Gasteiger partial charge is 0.313 e. The number of nitrogens with one attached hydrogen (secondary N) is 1. The second-order valence-corrected chi connectivity index (χ2v) is 7.50. The predicted octanol–water partition coefficient (Wildman–Crippen LogP) is 4.23. The van der Waals surface area contributed by atoms with Crippen LogP contribution in [0.1, 0.15) is 65.2 Å². The minimum absolute atomic E-state index is 0.862. The van der Waals surface area contributed by atoms with E-state index in [1.54, 1.807) is 19.3 Å². The first-order chi connectivity index (χ1) is 8.78. The van der Waals surface area contributed by atoms with Gasteiger partial charge in [-0.25, -0.2) is 0 Å². The molecule has 5 atom stereocenters. The molecule has 1 N–H and O–H groups in total. The maximum atomic E-state index is 3.94. The SMILES string of the molecule is CCCNC(C1CCCC(C)C1)C1CC2CC2C1. The number of hydrogen-bond donors (Lipinski definition) is 1. The molecule has 0 spiro atoms. The molecule has 0 aliphatic heterocycles. The van der Waals surface area contributed by atoms with Crippen molar-refractivity contribution < 1.29 is 0 Å². The highest BCUT2D eigenvalue weighted by atomic mass is 14.9. The molecule has 18 heavy (non-hydrogen) atoms. The molecule has 0 aromatic rings. The first-order valence-electron chi connectivity index (χ1n) is 8.51. The van der Waals surface area contributed by atoms with E-state index in [-0.39, 0.29) is 0 Å². The van der Waals surface area contributed by atoms with Gasteiger partial charge in [-0.2, -0.15) is 0 Å². The van der Waals surface area contributed by atoms with Gasteiger partial charge in [0.25, 0.3) is 0 Å². The Balaban J connectivity index is 1.60. The molecule has 5 unspecified atom stereocenters. The van der Waals surface area contributed by atoms with Gasteiger partial charge in [0, 0.05) is 6.04 Å². The van der Waals surface area contributed by atoms with Crippen molar-refractivity contribution in [2.75, 3.05) is 6.54 Å². The molecule has 0 aromatic carbocycles. The van der Waals surface area contributed by atoms with Gasteiger partial charge in [0.1, 0.15) is 0 Å². The van der Waals surface area contributed by atoms with Crippen molar-refractivity contribution in [1.82, 2.24) is 5.32 Å². The quantitative estimate of drug-likeness (QED) is 0.769. The fraction of sp³-hybridized carbons (Fsp3) is 1.00. The summed E-state index contributed by atoms with van der Waals surface area (Å²) in [6, 6.07) is 0.862. The lowest BCUT2D eigenvalue weighted by Gasteiger charge is -2.38. The monoisotopic (exact) mass is 249 g/mol. The maximum Gasteiger partial charge on any atom is 0.0124 e. The van der Waals surface area contributed by atoms with E-state index >= 15 is 0 Å². The zero-order chi connectivity index (χ0) is 12.5. The third-order valence-corrected chi connectivity index (χ3v) is 5.90. The third-order valence-electron chi connectivity index (χ3n) is 5.90. The van der Waals surface area contributed by atoms with Crippen LogP contribution >= 0.6 is 0 Å². The molecule has 1 nitrogen and oxygen atoms in total. The minimum atomic E-state index is 0.862. The van der Waals surface area contributed by atoms with Crippen LogP contribution in [0, 0.1) is 29.6 Å². The molecule has 0 saturated heterocycles. The van der Waals surface area contributed by atoms with Crippen molar-refractivity contribution in [2.24, 2.45) is 29.6 Å². The number of hydrogen-bond acceptors (Lipinski definition) is 1. The van der Waals surface area contributed by atoms with Gasteiger partial charge in [-0.1, -0.05) is 26.7 Å². The van der Waals surface area contributed by atoms with Crippen molar-refractivity contribution in [3.63, 3.8) is 0 Å². The Kier molecular flexibility index (Phi) is 3.98. The average molecular weight is 249 g/mol. The normalized spacial score (nSPS) is 44.7. The van der Waals surface area contributed by atoms with E-state index in [2.05, 4.69) is 19.2 Å². The summed E-state index contributed by atoms with van der Waals surface area (Å²) in [6.45, 7) is 6.01. The van der Waals surface area contributed by atoms with E-state index in [0.29, 0.717) is 0 Å². The molecule has 3 fully saturated rings. The third kappa shape index (κ3) is 2.76. The lowest BCUT2D eigenvalue weighted by atomic mass is 9.74. The fourth-order valence-corrected chi connectivity index (χ4v) is 4.89. The Morgan fingerprint density at radius 3 is 2.44 bits per heavy atom. The van der Waals surface area contributed by atoms with Crippen LogP contribution in [-0.4, -0.2) is 12.6 Å². The zero-order valence-electron chi connectivity index (χ0n) is 12.3. The van der Waals surface area contributed by atoms with Crippen LogP contribution in [0.25, 0.3) is 0 Å². The highest BCUT2D eigenvalue weighted by molar-refractivity contribution is 5.01. The summed E-state index contributed by atoms with van der Waals surface area (Å²) >= 11 is 0. The predicted molar refractivity (Wildman–Crippen MR) is 77.5 cm³/mol. The van der Waals surface area contributed by atoms with Crippen LogP contribution in [0.2, 0.25) is 0 Å². The van der Waals surface area contributed by atoms with Crippen molar-refractivity contribution in [3.05, 3.63) is 0 Å². The molecule has 0 radical (unpaired) electrons. The van der Waals surface area contributed by atoms with Gasteiger partial charge in [0.05, 0.1) is 0 Å². The van der Waals surface area contributed by atoms with Gasteiger partial charge < -0.3 is 5.32 Å². The van der Waals surface area contributed by atoms with E-state index < -0.39 is 0 Å². The lowest BCUT2D eigenvalue weighted by molar-refractivity contribution is 0.171. The van der Waals surface area contributed by atoms with E-state index in [0.717, 1.165) is 35.6 Å². The average Bonchev–Trinajstić information content (AvgIpc) is 2.97. The Bertz CT molecular complexity index is 265. The van der Waals surface area contributed by atoms with Crippen molar-refractivity contribution >= 4 is 0 Å². The molecule has 3 rings (SSSR count). The molecule has 1 heteroatoms. The van der Waals surface area contributed by atoms with E-state index in [4.69, 9.17) is 0 Å². The summed E-state index contributed by atoms with van der Waals surface area (Å²) in [5.41, 5.74) is 0. The fourth-order valence-electron chi connectivity index (χ4n) is 4.89. The van der Waals surface area contributed by atoms with Gasteiger partial charge in [-0.3, -0.25) is 0 Å². The summed E-state index contributed by atoms with van der Waals surface area (Å²) in [5, 5.41) is 3.94. The van der Waals surface area contributed by atoms with E-state index in [1.807, 2.05) is 0 Å². The van der Waals surface area contributed by atoms with Gasteiger partial charge in [0.15, 0.2) is 0 Å². The van der Waals surface area contributed by atoms with Crippen LogP contribution in [0.4, 0.5) is 0 Å². The van der Waals surface area contributed by atoms with Crippen molar-refractivity contribution in [3.8, 4) is 0 Å². The Hall–Kier alpha value is -0.0400. The van der Waals surface area contributed by atoms with Crippen LogP contribution in [-0.2, 0) is 0 Å². The molecular formula is C17H31N. The second kappa shape index (κ2) is 5.53. The van der Waals surface area contributed by atoms with E-state index in [9.17, 15) is 0 Å². The molecule has 3 aliphatic rings. The van der Waals surface area contributed by atoms with Crippen LogP contribution in [0.3, 0.4) is 0 Å². The summed E-state index contributed by atoms with van der Waals surface area (Å²) in [7, 11) is 0. The maximum absolute atomic E-state index is 3.94. The Morgan fingerprint density at radius 2 is 1.78 bits per heavy atom. The lowest BCUT2D eigenvalue weighted by Crippen LogP contribution is -2.44. The molecule has 0 amide bonds. The standard InChI is InChI=1S/C17H31N/c1-3-7-18-17(13-6-4-5-12(2)8-13)16-10-14-9-15(14)11-16/h12-18H,3-11H2,1-2H3. The molecule has 3 aliphatic carbocycles. The highest BCUT2D eigenvalue weighted by Gasteiger charge is 2.49. The summed E-state index contributed by atoms with van der Waals surface area (Å²) < 4.78 is 0. The molecule has 3 saturated carbocycles. The van der Waals surface area contributed by atoms with E-state index in [1.165, 1.54) is 38.6 Å². The molecule has 0 heterocycles.